The van der Waals surface area contributed by atoms with Gasteiger partial charge < -0.3 is 5.32 Å². The van der Waals surface area contributed by atoms with Crippen molar-refractivity contribution in [3.05, 3.63) is 35.9 Å². The van der Waals surface area contributed by atoms with Gasteiger partial charge in [0.15, 0.2) is 0 Å². The quantitative estimate of drug-likeness (QED) is 0.880. The second-order valence-corrected chi connectivity index (χ2v) is 5.18. The van der Waals surface area contributed by atoms with Gasteiger partial charge in [0, 0.05) is 19.1 Å². The van der Waals surface area contributed by atoms with E-state index < -0.39 is 0 Å². The van der Waals surface area contributed by atoms with Crippen molar-refractivity contribution in [2.24, 2.45) is 0 Å². The van der Waals surface area contributed by atoms with E-state index in [1.54, 1.807) is 0 Å². The Kier molecular flexibility index (Phi) is 5.38. The van der Waals surface area contributed by atoms with E-state index in [-0.39, 0.29) is 5.92 Å². The molecule has 1 aromatic carbocycles. The summed E-state index contributed by atoms with van der Waals surface area (Å²) in [5.74, 6) is -0.0249. The minimum atomic E-state index is -0.0249. The van der Waals surface area contributed by atoms with Crippen LogP contribution >= 0.6 is 0 Å². The fourth-order valence-electron chi connectivity index (χ4n) is 2.82. The molecule has 1 aliphatic heterocycles. The number of hydrogen-bond donors (Lipinski definition) is 1. The summed E-state index contributed by atoms with van der Waals surface area (Å²) < 4.78 is 0. The van der Waals surface area contributed by atoms with Gasteiger partial charge >= 0.3 is 0 Å². The molecule has 2 atom stereocenters. The van der Waals surface area contributed by atoms with Gasteiger partial charge in [0.05, 0.1) is 12.0 Å². The molecule has 1 aromatic rings. The summed E-state index contributed by atoms with van der Waals surface area (Å²) in [7, 11) is 0. The van der Waals surface area contributed by atoms with E-state index in [2.05, 4.69) is 35.3 Å². The summed E-state index contributed by atoms with van der Waals surface area (Å²) in [5, 5.41) is 12.9. The zero-order valence-corrected chi connectivity index (χ0v) is 11.7. The summed E-state index contributed by atoms with van der Waals surface area (Å²) >= 11 is 0. The summed E-state index contributed by atoms with van der Waals surface area (Å²) in [4.78, 5) is 2.45. The second kappa shape index (κ2) is 7.28. The molecule has 0 radical (unpaired) electrons. The third-order valence-corrected chi connectivity index (χ3v) is 3.97. The molecule has 1 saturated heterocycles. The minimum Gasteiger partial charge on any atom is -0.315 e. The van der Waals surface area contributed by atoms with E-state index in [0.29, 0.717) is 6.04 Å². The van der Waals surface area contributed by atoms with Gasteiger partial charge in [-0.15, -0.1) is 0 Å². The minimum absolute atomic E-state index is 0.0249. The first kappa shape index (κ1) is 14.0. The third-order valence-electron chi connectivity index (χ3n) is 3.97. The van der Waals surface area contributed by atoms with Crippen molar-refractivity contribution in [3.63, 3.8) is 0 Å². The van der Waals surface area contributed by atoms with Crippen molar-refractivity contribution >= 4 is 0 Å². The van der Waals surface area contributed by atoms with Crippen LogP contribution in [0.3, 0.4) is 0 Å². The lowest BCUT2D eigenvalue weighted by atomic mass is 9.98. The number of piperidine rings is 1. The zero-order valence-electron chi connectivity index (χ0n) is 11.7. The normalized spacial score (nSPS) is 21.0. The Hall–Kier alpha value is -1.37. The van der Waals surface area contributed by atoms with Crippen LogP contribution in [0.4, 0.5) is 0 Å². The van der Waals surface area contributed by atoms with Crippen LogP contribution in [0.15, 0.2) is 30.3 Å². The van der Waals surface area contributed by atoms with Gasteiger partial charge in [0.25, 0.3) is 0 Å². The van der Waals surface area contributed by atoms with E-state index in [9.17, 15) is 5.26 Å². The maximum Gasteiger partial charge on any atom is 0.0839 e. The Balaban J connectivity index is 2.01. The van der Waals surface area contributed by atoms with Gasteiger partial charge in [-0.25, -0.2) is 0 Å². The predicted octanol–water partition coefficient (Wildman–Crippen LogP) is 2.37. The van der Waals surface area contributed by atoms with Crippen LogP contribution in [0.25, 0.3) is 0 Å². The molecule has 1 heterocycles. The number of nitrogens with one attached hydrogen (secondary N) is 1. The molecule has 102 valence electrons. The number of nitrogens with zero attached hydrogens (tertiary/aromatic N) is 2. The van der Waals surface area contributed by atoms with Crippen molar-refractivity contribution in [2.45, 2.75) is 31.7 Å². The molecule has 2 rings (SSSR count). The van der Waals surface area contributed by atoms with E-state index in [1.165, 1.54) is 12.8 Å². The fourth-order valence-corrected chi connectivity index (χ4v) is 2.82. The van der Waals surface area contributed by atoms with Crippen LogP contribution < -0.4 is 5.32 Å². The Morgan fingerprint density at radius 1 is 1.42 bits per heavy atom. The molecule has 2 unspecified atom stereocenters. The van der Waals surface area contributed by atoms with Crippen LogP contribution in [-0.2, 0) is 0 Å². The first-order valence-electron chi connectivity index (χ1n) is 7.24. The van der Waals surface area contributed by atoms with Crippen molar-refractivity contribution in [1.29, 1.82) is 5.26 Å². The Morgan fingerprint density at radius 3 is 2.79 bits per heavy atom. The number of benzene rings is 1. The standard InChI is InChI=1S/C16H23N3/c1-2-19(16-9-6-10-18-12-16)13-15(11-17)14-7-4-3-5-8-14/h3-5,7-8,15-16,18H,2,6,9-10,12-13H2,1H3. The summed E-state index contributed by atoms with van der Waals surface area (Å²) in [6, 6.07) is 13.2. The zero-order chi connectivity index (χ0) is 13.5. The monoisotopic (exact) mass is 257 g/mol. The van der Waals surface area contributed by atoms with E-state index in [0.717, 1.165) is 31.7 Å². The Bertz CT molecular complexity index is 404. The average Bonchev–Trinajstić information content (AvgIpc) is 2.50. The highest BCUT2D eigenvalue weighted by molar-refractivity contribution is 5.25. The lowest BCUT2D eigenvalue weighted by molar-refractivity contribution is 0.171. The maximum atomic E-state index is 9.43. The highest BCUT2D eigenvalue weighted by Gasteiger charge is 2.23. The highest BCUT2D eigenvalue weighted by atomic mass is 15.2. The molecule has 3 heteroatoms. The second-order valence-electron chi connectivity index (χ2n) is 5.18. The number of nitriles is 1. The molecule has 1 aliphatic rings. The van der Waals surface area contributed by atoms with Crippen molar-refractivity contribution in [3.8, 4) is 6.07 Å². The molecule has 0 saturated carbocycles. The number of likely N-dealkylation sites (N-methyl/N-ethyl adjacent to an activating group) is 1. The largest absolute Gasteiger partial charge is 0.315 e. The predicted molar refractivity (Wildman–Crippen MR) is 77.9 cm³/mol. The van der Waals surface area contributed by atoms with Gasteiger partial charge in [0.2, 0.25) is 0 Å². The van der Waals surface area contributed by atoms with Crippen LogP contribution in [0.1, 0.15) is 31.2 Å². The van der Waals surface area contributed by atoms with Crippen LogP contribution in [0.5, 0.6) is 0 Å². The molecule has 19 heavy (non-hydrogen) atoms. The molecule has 1 N–H and O–H groups in total. The van der Waals surface area contributed by atoms with Gasteiger partial charge in [0.1, 0.15) is 0 Å². The van der Waals surface area contributed by atoms with E-state index in [1.807, 2.05) is 18.2 Å². The molecule has 0 spiro atoms. The molecule has 0 bridgehead atoms. The van der Waals surface area contributed by atoms with Crippen molar-refractivity contribution < 1.29 is 0 Å². The topological polar surface area (TPSA) is 39.1 Å². The average molecular weight is 257 g/mol. The van der Waals surface area contributed by atoms with Crippen molar-refractivity contribution in [2.75, 3.05) is 26.2 Å². The van der Waals surface area contributed by atoms with Crippen LogP contribution in [0, 0.1) is 11.3 Å². The SMILES string of the molecule is CCN(CC(C#N)c1ccccc1)C1CCCNC1. The first-order chi connectivity index (χ1) is 9.35. The maximum absolute atomic E-state index is 9.43. The lowest BCUT2D eigenvalue weighted by Crippen LogP contribution is -2.47. The fraction of sp³-hybridized carbons (Fsp3) is 0.562. The van der Waals surface area contributed by atoms with Crippen molar-refractivity contribution in [1.82, 2.24) is 10.2 Å². The van der Waals surface area contributed by atoms with Crippen LogP contribution in [-0.4, -0.2) is 37.1 Å². The van der Waals surface area contributed by atoms with Crippen LogP contribution in [0.2, 0.25) is 0 Å². The molecular weight excluding hydrogens is 234 g/mol. The van der Waals surface area contributed by atoms with E-state index in [4.69, 9.17) is 0 Å². The first-order valence-corrected chi connectivity index (χ1v) is 7.24. The van der Waals surface area contributed by atoms with E-state index >= 15 is 0 Å². The molecular formula is C16H23N3. The summed E-state index contributed by atoms with van der Waals surface area (Å²) in [5.41, 5.74) is 1.13. The van der Waals surface area contributed by atoms with Gasteiger partial charge in [-0.2, -0.15) is 5.26 Å². The Morgan fingerprint density at radius 2 is 2.21 bits per heavy atom. The molecule has 0 aliphatic carbocycles. The summed E-state index contributed by atoms with van der Waals surface area (Å²) in [6.45, 7) is 6.23. The smallest absolute Gasteiger partial charge is 0.0839 e. The van der Waals surface area contributed by atoms with Gasteiger partial charge in [-0.05, 0) is 31.5 Å². The molecule has 3 nitrogen and oxygen atoms in total. The Labute approximate surface area is 116 Å². The molecule has 1 fully saturated rings. The number of rotatable bonds is 5. The van der Waals surface area contributed by atoms with Gasteiger partial charge in [-0.3, -0.25) is 4.90 Å². The lowest BCUT2D eigenvalue weighted by Gasteiger charge is -2.35. The molecule has 0 aromatic heterocycles. The highest BCUT2D eigenvalue weighted by Crippen LogP contribution is 2.19. The number of hydrogen-bond acceptors (Lipinski definition) is 3. The summed E-state index contributed by atoms with van der Waals surface area (Å²) in [6.07, 6.45) is 2.48. The third kappa shape index (κ3) is 3.79. The molecule has 0 amide bonds. The van der Waals surface area contributed by atoms with Gasteiger partial charge in [-0.1, -0.05) is 37.3 Å².